The summed E-state index contributed by atoms with van der Waals surface area (Å²) in [6, 6.07) is 10.8. The van der Waals surface area contributed by atoms with E-state index < -0.39 is 6.09 Å². The molecule has 1 aromatic carbocycles. The van der Waals surface area contributed by atoms with Crippen molar-refractivity contribution in [2.24, 2.45) is 13.0 Å². The standard InChI is InChI=1S/C28H31N3O4S/c1-4-23-24-11-10-19(17-35-28(34)29-16-21-8-6-12-31(21)3)14-25(24)36-27(23)30-26(33)13-18(2)20-7-5-9-22(32)15-20/h1,5-9,12,15,18-19,32H,10-11,13-14,16-17H2,2-3H3,(H,29,34)(H,30,33). The third-order valence-corrected chi connectivity index (χ3v) is 7.78. The molecule has 7 nitrogen and oxygen atoms in total. The molecule has 0 saturated heterocycles. The van der Waals surface area contributed by atoms with Gasteiger partial charge in [0.15, 0.2) is 0 Å². The number of hydrogen-bond donors (Lipinski definition) is 3. The molecule has 0 radical (unpaired) electrons. The first-order chi connectivity index (χ1) is 17.3. The van der Waals surface area contributed by atoms with Gasteiger partial charge in [-0.3, -0.25) is 4.79 Å². The minimum atomic E-state index is -0.425. The van der Waals surface area contributed by atoms with E-state index in [0.717, 1.165) is 46.5 Å². The average molecular weight is 506 g/mol. The maximum absolute atomic E-state index is 12.8. The number of ether oxygens (including phenoxy) is 1. The maximum atomic E-state index is 12.8. The first kappa shape index (κ1) is 25.4. The molecule has 1 aliphatic rings. The van der Waals surface area contributed by atoms with Gasteiger partial charge in [0.1, 0.15) is 10.8 Å². The number of thiophene rings is 1. The molecule has 0 aliphatic heterocycles. The molecule has 2 heterocycles. The van der Waals surface area contributed by atoms with Crippen molar-refractivity contribution in [3.05, 3.63) is 69.9 Å². The van der Waals surface area contributed by atoms with E-state index in [0.29, 0.717) is 18.2 Å². The van der Waals surface area contributed by atoms with Gasteiger partial charge in [0.25, 0.3) is 0 Å². The van der Waals surface area contributed by atoms with E-state index in [1.807, 2.05) is 42.9 Å². The van der Waals surface area contributed by atoms with E-state index in [2.05, 4.69) is 16.6 Å². The van der Waals surface area contributed by atoms with E-state index in [1.54, 1.807) is 18.2 Å². The lowest BCUT2D eigenvalue weighted by atomic mass is 9.87. The van der Waals surface area contributed by atoms with Crippen molar-refractivity contribution in [2.75, 3.05) is 11.9 Å². The van der Waals surface area contributed by atoms with Crippen molar-refractivity contribution in [3.63, 3.8) is 0 Å². The van der Waals surface area contributed by atoms with E-state index in [-0.39, 0.29) is 29.9 Å². The smallest absolute Gasteiger partial charge is 0.407 e. The summed E-state index contributed by atoms with van der Waals surface area (Å²) in [6.45, 7) is 2.71. The van der Waals surface area contributed by atoms with Gasteiger partial charge in [0.2, 0.25) is 5.91 Å². The fourth-order valence-electron chi connectivity index (χ4n) is 4.53. The molecule has 2 aromatic heterocycles. The van der Waals surface area contributed by atoms with Crippen molar-refractivity contribution in [1.82, 2.24) is 9.88 Å². The fourth-order valence-corrected chi connectivity index (χ4v) is 5.87. The third-order valence-electron chi connectivity index (χ3n) is 6.61. The fraction of sp³-hybridized carbons (Fsp3) is 0.357. The molecule has 1 aliphatic carbocycles. The van der Waals surface area contributed by atoms with Crippen LogP contribution in [0.15, 0.2) is 42.6 Å². The van der Waals surface area contributed by atoms with Gasteiger partial charge < -0.3 is 25.0 Å². The van der Waals surface area contributed by atoms with Crippen LogP contribution < -0.4 is 10.6 Å². The van der Waals surface area contributed by atoms with Gasteiger partial charge in [0, 0.05) is 30.2 Å². The zero-order valence-corrected chi connectivity index (χ0v) is 21.4. The Labute approximate surface area is 215 Å². The summed E-state index contributed by atoms with van der Waals surface area (Å²) in [5.41, 5.74) is 3.78. The Hall–Kier alpha value is -3.70. The van der Waals surface area contributed by atoms with Gasteiger partial charge in [-0.15, -0.1) is 17.8 Å². The van der Waals surface area contributed by atoms with Crippen LogP contribution in [0, 0.1) is 18.3 Å². The number of aromatic nitrogens is 1. The molecule has 0 spiro atoms. The molecular weight excluding hydrogens is 474 g/mol. The Kier molecular flexibility index (Phi) is 8.01. The summed E-state index contributed by atoms with van der Waals surface area (Å²) in [6.07, 6.45) is 10.0. The molecule has 188 valence electrons. The highest BCUT2D eigenvalue weighted by Crippen LogP contribution is 2.39. The molecule has 2 amide bonds. The first-order valence-electron chi connectivity index (χ1n) is 12.0. The summed E-state index contributed by atoms with van der Waals surface area (Å²) in [4.78, 5) is 26.1. The summed E-state index contributed by atoms with van der Waals surface area (Å²) in [5.74, 6) is 3.00. The van der Waals surface area contributed by atoms with E-state index in [1.165, 1.54) is 11.3 Å². The predicted octanol–water partition coefficient (Wildman–Crippen LogP) is 4.94. The number of phenols is 1. The number of rotatable bonds is 8. The predicted molar refractivity (Wildman–Crippen MR) is 141 cm³/mol. The molecule has 0 fully saturated rings. The largest absolute Gasteiger partial charge is 0.508 e. The van der Waals surface area contributed by atoms with Crippen LogP contribution >= 0.6 is 11.3 Å². The Morgan fingerprint density at radius 1 is 1.33 bits per heavy atom. The molecule has 8 heteroatoms. The van der Waals surface area contributed by atoms with Crippen LogP contribution in [0.2, 0.25) is 0 Å². The minimum absolute atomic E-state index is 0.0460. The zero-order chi connectivity index (χ0) is 25.7. The number of aromatic hydroxyl groups is 1. The van der Waals surface area contributed by atoms with E-state index in [9.17, 15) is 14.7 Å². The third kappa shape index (κ3) is 6.10. The molecule has 2 atom stereocenters. The van der Waals surface area contributed by atoms with Crippen LogP contribution in [0.1, 0.15) is 52.9 Å². The summed E-state index contributed by atoms with van der Waals surface area (Å²) < 4.78 is 7.43. The number of benzene rings is 1. The number of carbonyl (C=O) groups is 2. The number of nitrogens with one attached hydrogen (secondary N) is 2. The van der Waals surface area contributed by atoms with E-state index >= 15 is 0 Å². The highest BCUT2D eigenvalue weighted by Gasteiger charge is 2.27. The van der Waals surface area contributed by atoms with Crippen molar-refractivity contribution in [3.8, 4) is 18.1 Å². The number of hydrogen-bond acceptors (Lipinski definition) is 5. The molecule has 36 heavy (non-hydrogen) atoms. The Morgan fingerprint density at radius 3 is 2.89 bits per heavy atom. The summed E-state index contributed by atoms with van der Waals surface area (Å²) >= 11 is 1.52. The van der Waals surface area contributed by atoms with Gasteiger partial charge in [0.05, 0.1) is 18.7 Å². The maximum Gasteiger partial charge on any atom is 0.407 e. The normalized spacial score (nSPS) is 15.4. The van der Waals surface area contributed by atoms with Crippen molar-refractivity contribution < 1.29 is 19.4 Å². The van der Waals surface area contributed by atoms with Crippen LogP contribution in [0.3, 0.4) is 0 Å². The number of phenolic OH excluding ortho intramolecular Hbond substituents is 1. The SMILES string of the molecule is C#Cc1c(NC(=O)CC(C)c2cccc(O)c2)sc2c1CCC(COC(=O)NCc1cccn1C)C2. The molecule has 2 unspecified atom stereocenters. The van der Waals surface area contributed by atoms with Gasteiger partial charge in [-0.05, 0) is 66.5 Å². The molecular formula is C28H31N3O4S. The van der Waals surface area contributed by atoms with Crippen LogP contribution in [-0.4, -0.2) is 28.3 Å². The van der Waals surface area contributed by atoms with Crippen LogP contribution in [0.5, 0.6) is 5.75 Å². The lowest BCUT2D eigenvalue weighted by Gasteiger charge is -2.22. The minimum Gasteiger partial charge on any atom is -0.508 e. The average Bonchev–Trinajstić information content (AvgIpc) is 3.42. The second-order valence-electron chi connectivity index (χ2n) is 9.27. The van der Waals surface area contributed by atoms with Crippen LogP contribution in [-0.2, 0) is 36.0 Å². The molecule has 3 N–H and O–H groups in total. The van der Waals surface area contributed by atoms with Gasteiger partial charge >= 0.3 is 6.09 Å². The van der Waals surface area contributed by atoms with Gasteiger partial charge in [-0.1, -0.05) is 25.0 Å². The number of nitrogens with zero attached hydrogens (tertiary/aromatic N) is 1. The lowest BCUT2D eigenvalue weighted by molar-refractivity contribution is -0.116. The van der Waals surface area contributed by atoms with E-state index in [4.69, 9.17) is 11.2 Å². The molecule has 3 aromatic rings. The monoisotopic (exact) mass is 505 g/mol. The number of fused-ring (bicyclic) bond motifs is 1. The zero-order valence-electron chi connectivity index (χ0n) is 20.5. The second kappa shape index (κ2) is 11.4. The Balaban J connectivity index is 1.31. The Morgan fingerprint density at radius 2 is 2.17 bits per heavy atom. The van der Waals surface area contributed by atoms with Gasteiger partial charge in [-0.25, -0.2) is 4.79 Å². The molecule has 0 saturated carbocycles. The number of terminal acetylenes is 1. The number of alkyl carbamates (subject to hydrolysis) is 1. The second-order valence-corrected chi connectivity index (χ2v) is 10.4. The van der Waals surface area contributed by atoms with Crippen molar-refractivity contribution in [1.29, 1.82) is 0 Å². The van der Waals surface area contributed by atoms with Gasteiger partial charge in [-0.2, -0.15) is 0 Å². The highest BCUT2D eigenvalue weighted by atomic mass is 32.1. The Bertz CT molecular complexity index is 1290. The van der Waals surface area contributed by atoms with Crippen LogP contribution in [0.4, 0.5) is 9.80 Å². The van der Waals surface area contributed by atoms with Crippen molar-refractivity contribution in [2.45, 2.75) is 45.1 Å². The summed E-state index contributed by atoms with van der Waals surface area (Å²) in [5, 5.41) is 16.2. The first-order valence-corrected chi connectivity index (χ1v) is 12.9. The lowest BCUT2D eigenvalue weighted by Crippen LogP contribution is -2.28. The number of aryl methyl sites for hydroxylation is 1. The molecule has 0 bridgehead atoms. The van der Waals surface area contributed by atoms with Crippen molar-refractivity contribution >= 4 is 28.3 Å². The topological polar surface area (TPSA) is 92.6 Å². The number of carbonyl (C=O) groups excluding carboxylic acids is 2. The summed E-state index contributed by atoms with van der Waals surface area (Å²) in [7, 11) is 1.93. The number of amides is 2. The van der Waals surface area contributed by atoms with Crippen LogP contribution in [0.25, 0.3) is 0 Å². The number of anilines is 1. The highest BCUT2D eigenvalue weighted by molar-refractivity contribution is 7.16. The quantitative estimate of drug-likeness (QED) is 0.378. The molecule has 4 rings (SSSR count).